The van der Waals surface area contributed by atoms with Gasteiger partial charge in [-0.1, -0.05) is 45.8 Å². The number of halogens is 2. The summed E-state index contributed by atoms with van der Waals surface area (Å²) in [5.41, 5.74) is 3.92. The average Bonchev–Trinajstić information content (AvgIpc) is 3.09. The fraction of sp³-hybridized carbons (Fsp3) is 0.185. The Bertz CT molecular complexity index is 1290. The summed E-state index contributed by atoms with van der Waals surface area (Å²) in [7, 11) is 1.75. The van der Waals surface area contributed by atoms with Crippen LogP contribution in [0.2, 0.25) is 0 Å². The van der Waals surface area contributed by atoms with Crippen LogP contribution in [0.4, 0.5) is 5.69 Å². The summed E-state index contributed by atoms with van der Waals surface area (Å²) in [6.45, 7) is 4.92. The smallest absolute Gasteiger partial charge is 0.266 e. The fourth-order valence-electron chi connectivity index (χ4n) is 3.34. The number of aliphatic imine (C=N–C) groups is 1. The molecule has 0 spiro atoms. The number of benzene rings is 3. The first kappa shape index (κ1) is 25.8. The van der Waals surface area contributed by atoms with Crippen molar-refractivity contribution in [3.8, 4) is 11.5 Å². The summed E-state index contributed by atoms with van der Waals surface area (Å²) in [4.78, 5) is 19.8. The number of hydrogen-bond donors (Lipinski definition) is 0. The van der Waals surface area contributed by atoms with E-state index in [2.05, 4.69) is 43.5 Å². The van der Waals surface area contributed by atoms with Gasteiger partial charge in [0.2, 0.25) is 0 Å². The van der Waals surface area contributed by atoms with E-state index >= 15 is 0 Å². The molecule has 0 N–H and O–H groups in total. The molecule has 1 saturated heterocycles. The number of hydrogen-bond acceptors (Lipinski definition) is 5. The Balaban J connectivity index is 1.58. The summed E-state index contributed by atoms with van der Waals surface area (Å²) in [6.07, 6.45) is 1.88. The van der Waals surface area contributed by atoms with E-state index in [4.69, 9.17) is 9.47 Å². The molecule has 1 amide bonds. The predicted molar refractivity (Wildman–Crippen MR) is 155 cm³/mol. The molecule has 5 nitrogen and oxygen atoms in total. The molecule has 8 heteroatoms. The van der Waals surface area contributed by atoms with Crippen LogP contribution in [0.25, 0.3) is 6.08 Å². The first-order valence-corrected chi connectivity index (χ1v) is 13.7. The van der Waals surface area contributed by atoms with Gasteiger partial charge in [0.15, 0.2) is 16.7 Å². The zero-order valence-electron chi connectivity index (χ0n) is 19.5. The molecule has 0 aliphatic carbocycles. The maximum Gasteiger partial charge on any atom is 0.266 e. The van der Waals surface area contributed by atoms with E-state index in [0.717, 1.165) is 24.9 Å². The second-order valence-corrected chi connectivity index (χ2v) is 11.0. The quantitative estimate of drug-likeness (QED) is 0.193. The van der Waals surface area contributed by atoms with Crippen LogP contribution < -0.4 is 9.47 Å². The summed E-state index contributed by atoms with van der Waals surface area (Å²) in [5, 5.41) is 0.652. The van der Waals surface area contributed by atoms with Crippen molar-refractivity contribution in [2.45, 2.75) is 20.5 Å². The number of rotatable bonds is 7. The molecule has 3 aromatic rings. The van der Waals surface area contributed by atoms with E-state index in [1.54, 1.807) is 11.9 Å². The number of carbonyl (C=O) groups is 1. The highest BCUT2D eigenvalue weighted by atomic mass is 127. The van der Waals surface area contributed by atoms with Crippen molar-refractivity contribution in [2.75, 3.05) is 13.7 Å². The van der Waals surface area contributed by atoms with Crippen LogP contribution in [0.1, 0.15) is 23.6 Å². The van der Waals surface area contributed by atoms with E-state index in [1.807, 2.05) is 80.6 Å². The van der Waals surface area contributed by atoms with Gasteiger partial charge in [0.05, 0.1) is 20.8 Å². The van der Waals surface area contributed by atoms with Crippen LogP contribution in [-0.4, -0.2) is 29.6 Å². The molecular formula is C27H24BrIN2O3S. The number of likely N-dealkylation sites (N-methyl/N-ethyl adjacent to an activating group) is 1. The third kappa shape index (κ3) is 6.48. The molecule has 0 atom stereocenters. The molecule has 1 fully saturated rings. The first-order valence-electron chi connectivity index (χ1n) is 11.0. The predicted octanol–water partition coefficient (Wildman–Crippen LogP) is 7.57. The van der Waals surface area contributed by atoms with Crippen LogP contribution in [0.3, 0.4) is 0 Å². The van der Waals surface area contributed by atoms with Crippen molar-refractivity contribution in [1.82, 2.24) is 4.90 Å². The molecular weight excluding hydrogens is 639 g/mol. The zero-order chi connectivity index (χ0) is 24.9. The van der Waals surface area contributed by atoms with E-state index < -0.39 is 0 Å². The maximum atomic E-state index is 12.9. The number of aryl methyl sites for hydroxylation is 1. The zero-order valence-corrected chi connectivity index (χ0v) is 24.1. The van der Waals surface area contributed by atoms with E-state index in [0.29, 0.717) is 34.8 Å². The summed E-state index contributed by atoms with van der Waals surface area (Å²) < 4.78 is 14.0. The lowest BCUT2D eigenvalue weighted by atomic mass is 10.1. The second-order valence-electron chi connectivity index (χ2n) is 7.88. The second kappa shape index (κ2) is 11.6. The Labute approximate surface area is 231 Å². The molecule has 0 saturated carbocycles. The highest BCUT2D eigenvalue weighted by Gasteiger charge is 2.30. The van der Waals surface area contributed by atoms with Crippen LogP contribution in [0, 0.1) is 10.5 Å². The number of thioether (sulfide) groups is 1. The van der Waals surface area contributed by atoms with Crippen LogP contribution in [-0.2, 0) is 11.4 Å². The van der Waals surface area contributed by atoms with Crippen LogP contribution >= 0.6 is 50.3 Å². The van der Waals surface area contributed by atoms with Gasteiger partial charge in [-0.25, -0.2) is 4.99 Å². The summed E-state index contributed by atoms with van der Waals surface area (Å²) >= 11 is 7.07. The first-order chi connectivity index (χ1) is 16.8. The molecule has 1 aliphatic heterocycles. The molecule has 180 valence electrons. The molecule has 35 heavy (non-hydrogen) atoms. The minimum absolute atomic E-state index is 0.0793. The summed E-state index contributed by atoms with van der Waals surface area (Å²) in [5.74, 6) is 1.27. The van der Waals surface area contributed by atoms with Crippen molar-refractivity contribution in [2.24, 2.45) is 4.99 Å². The number of nitrogens with zero attached hydrogens (tertiary/aromatic N) is 2. The molecule has 1 aliphatic rings. The largest absolute Gasteiger partial charge is 0.490 e. The van der Waals surface area contributed by atoms with Crippen molar-refractivity contribution in [3.63, 3.8) is 0 Å². The Kier molecular flexibility index (Phi) is 8.56. The van der Waals surface area contributed by atoms with Gasteiger partial charge in [-0.3, -0.25) is 9.69 Å². The van der Waals surface area contributed by atoms with Crippen LogP contribution in [0.15, 0.2) is 75.0 Å². The Morgan fingerprint density at radius 1 is 1.09 bits per heavy atom. The highest BCUT2D eigenvalue weighted by molar-refractivity contribution is 14.1. The Morgan fingerprint density at radius 3 is 2.49 bits per heavy atom. The van der Waals surface area contributed by atoms with Gasteiger partial charge >= 0.3 is 0 Å². The number of amides is 1. The molecule has 0 unspecified atom stereocenters. The van der Waals surface area contributed by atoms with E-state index in [-0.39, 0.29) is 5.91 Å². The monoisotopic (exact) mass is 662 g/mol. The fourth-order valence-corrected chi connectivity index (χ4v) is 5.38. The SMILES string of the molecule is CCOc1cc(/C=C2/SC(=Nc3ccc(C)cc3)N(C)C2=O)cc(I)c1OCc1ccc(Br)cc1. The number of carbonyl (C=O) groups excluding carboxylic acids is 1. The minimum atomic E-state index is -0.0793. The van der Waals surface area contributed by atoms with Gasteiger partial charge in [-0.15, -0.1) is 0 Å². The third-order valence-corrected chi connectivity index (χ3v) is 7.58. The lowest BCUT2D eigenvalue weighted by Crippen LogP contribution is -2.23. The topological polar surface area (TPSA) is 51.1 Å². The lowest BCUT2D eigenvalue weighted by molar-refractivity contribution is -0.121. The van der Waals surface area contributed by atoms with Gasteiger partial charge in [0, 0.05) is 11.5 Å². The molecule has 1 heterocycles. The normalized spacial score (nSPS) is 15.8. The lowest BCUT2D eigenvalue weighted by Gasteiger charge is -2.15. The maximum absolute atomic E-state index is 12.9. The summed E-state index contributed by atoms with van der Waals surface area (Å²) in [6, 6.07) is 19.9. The molecule has 3 aromatic carbocycles. The molecule has 0 radical (unpaired) electrons. The minimum Gasteiger partial charge on any atom is -0.490 e. The number of amidine groups is 1. The average molecular weight is 663 g/mol. The highest BCUT2D eigenvalue weighted by Crippen LogP contribution is 2.38. The molecule has 4 rings (SSSR count). The van der Waals surface area contributed by atoms with Crippen molar-refractivity contribution >= 4 is 73.1 Å². The van der Waals surface area contributed by atoms with E-state index in [1.165, 1.54) is 17.3 Å². The van der Waals surface area contributed by atoms with Crippen molar-refractivity contribution in [3.05, 3.63) is 90.3 Å². The van der Waals surface area contributed by atoms with Gasteiger partial charge in [0.25, 0.3) is 5.91 Å². The van der Waals surface area contributed by atoms with Crippen molar-refractivity contribution in [1.29, 1.82) is 0 Å². The molecule has 0 aromatic heterocycles. The van der Waals surface area contributed by atoms with Gasteiger partial charge in [0.1, 0.15) is 6.61 Å². The molecule has 0 bridgehead atoms. The third-order valence-electron chi connectivity index (χ3n) is 5.19. The standard InChI is InChI=1S/C27H24BrIN2O3S/c1-4-33-23-14-19(13-22(29)25(23)34-16-18-7-9-20(28)10-8-18)15-24-26(32)31(3)27(35-24)30-21-11-5-17(2)6-12-21/h5-15H,4,16H2,1-3H3/b24-15+,30-27?. The van der Waals surface area contributed by atoms with Gasteiger partial charge in [-0.2, -0.15) is 0 Å². The van der Waals surface area contributed by atoms with Gasteiger partial charge in [-0.05, 0) is 102 Å². The van der Waals surface area contributed by atoms with Crippen LogP contribution in [0.5, 0.6) is 11.5 Å². The van der Waals surface area contributed by atoms with Gasteiger partial charge < -0.3 is 9.47 Å². The van der Waals surface area contributed by atoms with E-state index in [9.17, 15) is 4.79 Å². The Morgan fingerprint density at radius 2 is 1.80 bits per heavy atom. The number of ether oxygens (including phenoxy) is 2. The van der Waals surface area contributed by atoms with Crippen molar-refractivity contribution < 1.29 is 14.3 Å². The Hall–Kier alpha value is -2.30.